The maximum atomic E-state index is 12.6. The van der Waals surface area contributed by atoms with Gasteiger partial charge in [-0.15, -0.1) is 0 Å². The molecule has 2 aromatic heterocycles. The van der Waals surface area contributed by atoms with Crippen LogP contribution >= 0.6 is 0 Å². The summed E-state index contributed by atoms with van der Waals surface area (Å²) in [5, 5.41) is -0.708. The van der Waals surface area contributed by atoms with Crippen molar-refractivity contribution in [2.75, 3.05) is 20.2 Å². The van der Waals surface area contributed by atoms with Crippen LogP contribution in [0.1, 0.15) is 10.4 Å². The molecule has 0 N–H and O–H groups in total. The van der Waals surface area contributed by atoms with E-state index in [1.54, 1.807) is 13.2 Å². The molecule has 0 unspecified atom stereocenters. The molecule has 1 saturated heterocycles. The van der Waals surface area contributed by atoms with Gasteiger partial charge in [0.25, 0.3) is 11.5 Å². The molecule has 0 bridgehead atoms. The largest absolute Gasteiger partial charge is 0.496 e. The van der Waals surface area contributed by atoms with Crippen LogP contribution in [0.15, 0.2) is 34.6 Å². The summed E-state index contributed by atoms with van der Waals surface area (Å²) in [5.74, 6) is -0.206. The number of imidazole rings is 1. The van der Waals surface area contributed by atoms with Crippen molar-refractivity contribution < 1.29 is 17.9 Å². The highest BCUT2D eigenvalue weighted by atomic mass is 32.2. The first kappa shape index (κ1) is 17.2. The topological polar surface area (TPSA) is 104 Å². The summed E-state index contributed by atoms with van der Waals surface area (Å²) in [5.41, 5.74) is -0.0790. The van der Waals surface area contributed by atoms with Crippen LogP contribution in [0.4, 0.5) is 0 Å². The van der Waals surface area contributed by atoms with Crippen molar-refractivity contribution in [2.24, 2.45) is 14.1 Å². The second-order valence-corrected chi connectivity index (χ2v) is 8.02. The number of hydrogen-bond acceptors (Lipinski definition) is 6. The SMILES string of the molecule is COc1cc(=O)n(C)cc1C(=O)N1CC(S(=O)(=O)c2nccn2C)C1. The molecular formula is C15H18N4O5S. The highest BCUT2D eigenvalue weighted by Crippen LogP contribution is 2.26. The van der Waals surface area contributed by atoms with Crippen molar-refractivity contribution in [3.8, 4) is 5.75 Å². The number of sulfone groups is 1. The second-order valence-electron chi connectivity index (χ2n) is 5.90. The van der Waals surface area contributed by atoms with Gasteiger partial charge in [-0.3, -0.25) is 9.59 Å². The first-order valence-corrected chi connectivity index (χ1v) is 9.05. The van der Waals surface area contributed by atoms with E-state index in [0.29, 0.717) is 0 Å². The quantitative estimate of drug-likeness (QED) is 0.718. The summed E-state index contributed by atoms with van der Waals surface area (Å²) in [7, 11) is 0.912. The van der Waals surface area contributed by atoms with Gasteiger partial charge in [0.2, 0.25) is 15.0 Å². The van der Waals surface area contributed by atoms with E-state index in [1.807, 2.05) is 0 Å². The Morgan fingerprint density at radius 1 is 1.28 bits per heavy atom. The van der Waals surface area contributed by atoms with E-state index in [9.17, 15) is 18.0 Å². The van der Waals surface area contributed by atoms with Gasteiger partial charge in [0.05, 0.1) is 12.7 Å². The summed E-state index contributed by atoms with van der Waals surface area (Å²) in [6.45, 7) is 0.139. The molecule has 1 aliphatic rings. The molecule has 1 aliphatic heterocycles. The van der Waals surface area contributed by atoms with Crippen molar-refractivity contribution in [2.45, 2.75) is 10.4 Å². The van der Waals surface area contributed by atoms with Gasteiger partial charge in [-0.2, -0.15) is 0 Å². The van der Waals surface area contributed by atoms with Crippen LogP contribution in [0.5, 0.6) is 5.75 Å². The molecule has 0 radical (unpaired) electrons. The van der Waals surface area contributed by atoms with Crippen LogP contribution in [0.2, 0.25) is 0 Å². The van der Waals surface area contributed by atoms with Gasteiger partial charge in [0.1, 0.15) is 11.0 Å². The Hall–Kier alpha value is -2.62. The molecule has 3 heterocycles. The number of methoxy groups -OCH3 is 1. The number of pyridine rings is 1. The molecule has 134 valence electrons. The van der Waals surface area contributed by atoms with E-state index in [1.165, 1.54) is 46.7 Å². The monoisotopic (exact) mass is 366 g/mol. The molecule has 0 saturated carbocycles. The van der Waals surface area contributed by atoms with E-state index < -0.39 is 15.1 Å². The third-order valence-corrected chi connectivity index (χ3v) is 6.32. The van der Waals surface area contributed by atoms with Crippen molar-refractivity contribution in [3.05, 3.63) is 40.6 Å². The zero-order valence-electron chi connectivity index (χ0n) is 14.0. The molecule has 10 heteroatoms. The average molecular weight is 366 g/mol. The summed E-state index contributed by atoms with van der Waals surface area (Å²) in [4.78, 5) is 29.5. The number of likely N-dealkylation sites (tertiary alicyclic amines) is 1. The van der Waals surface area contributed by atoms with E-state index in [-0.39, 0.29) is 41.0 Å². The third kappa shape index (κ3) is 2.82. The van der Waals surface area contributed by atoms with E-state index in [2.05, 4.69) is 4.98 Å². The van der Waals surface area contributed by atoms with Gasteiger partial charge in [-0.25, -0.2) is 13.4 Å². The summed E-state index contributed by atoms with van der Waals surface area (Å²) in [6.07, 6.45) is 4.37. The minimum Gasteiger partial charge on any atom is -0.496 e. The van der Waals surface area contributed by atoms with Crippen LogP contribution in [0.25, 0.3) is 0 Å². The Bertz CT molecular complexity index is 986. The Morgan fingerprint density at radius 2 is 1.96 bits per heavy atom. The number of ether oxygens (including phenoxy) is 1. The highest BCUT2D eigenvalue weighted by molar-refractivity contribution is 7.92. The van der Waals surface area contributed by atoms with Crippen LogP contribution in [0.3, 0.4) is 0 Å². The first-order valence-electron chi connectivity index (χ1n) is 7.51. The van der Waals surface area contributed by atoms with Crippen LogP contribution < -0.4 is 10.3 Å². The average Bonchev–Trinajstić information content (AvgIpc) is 2.94. The van der Waals surface area contributed by atoms with Gasteiger partial charge in [-0.1, -0.05) is 0 Å². The van der Waals surface area contributed by atoms with Gasteiger partial charge in [0.15, 0.2) is 0 Å². The van der Waals surface area contributed by atoms with Crippen LogP contribution in [-0.4, -0.2) is 58.8 Å². The lowest BCUT2D eigenvalue weighted by molar-refractivity contribution is 0.0654. The third-order valence-electron chi connectivity index (χ3n) is 4.25. The molecule has 1 amide bonds. The predicted molar refractivity (Wildman–Crippen MR) is 88.3 cm³/mol. The molecule has 25 heavy (non-hydrogen) atoms. The Morgan fingerprint density at radius 3 is 2.52 bits per heavy atom. The molecule has 0 atom stereocenters. The molecule has 0 aliphatic carbocycles. The zero-order chi connectivity index (χ0) is 18.4. The van der Waals surface area contributed by atoms with E-state index in [4.69, 9.17) is 4.74 Å². The lowest BCUT2D eigenvalue weighted by Gasteiger charge is -2.38. The fraction of sp³-hybridized carbons (Fsp3) is 0.400. The second kappa shape index (κ2) is 6.03. The molecule has 0 aromatic carbocycles. The number of carbonyl (C=O) groups is 1. The molecule has 0 spiro atoms. The van der Waals surface area contributed by atoms with Crippen molar-refractivity contribution in [1.82, 2.24) is 19.0 Å². The molecular weight excluding hydrogens is 348 g/mol. The molecule has 1 fully saturated rings. The smallest absolute Gasteiger partial charge is 0.259 e. The number of nitrogens with zero attached hydrogens (tertiary/aromatic N) is 4. The normalized spacial score (nSPS) is 15.1. The summed E-state index contributed by atoms with van der Waals surface area (Å²) < 4.78 is 32.9. The predicted octanol–water partition coefficient (Wildman–Crippen LogP) is -0.574. The van der Waals surface area contributed by atoms with Gasteiger partial charge in [-0.05, 0) is 0 Å². The lowest BCUT2D eigenvalue weighted by atomic mass is 10.1. The zero-order valence-corrected chi connectivity index (χ0v) is 14.9. The Labute approximate surface area is 144 Å². The Balaban J connectivity index is 1.79. The number of hydrogen-bond donors (Lipinski definition) is 0. The van der Waals surface area contributed by atoms with Crippen molar-refractivity contribution in [3.63, 3.8) is 0 Å². The number of rotatable bonds is 4. The fourth-order valence-corrected chi connectivity index (χ4v) is 4.41. The van der Waals surface area contributed by atoms with Gasteiger partial charge < -0.3 is 18.8 Å². The first-order chi connectivity index (χ1) is 11.8. The Kier molecular flexibility index (Phi) is 4.15. The minimum atomic E-state index is -3.60. The number of aromatic nitrogens is 3. The molecule has 3 rings (SSSR count). The van der Waals surface area contributed by atoms with Crippen LogP contribution in [0, 0.1) is 0 Å². The van der Waals surface area contributed by atoms with E-state index in [0.717, 1.165) is 0 Å². The summed E-state index contributed by atoms with van der Waals surface area (Å²) in [6, 6.07) is 1.23. The van der Waals surface area contributed by atoms with Crippen molar-refractivity contribution in [1.29, 1.82) is 0 Å². The van der Waals surface area contributed by atoms with Crippen LogP contribution in [-0.2, 0) is 23.9 Å². The number of aryl methyl sites for hydroxylation is 2. The maximum absolute atomic E-state index is 12.6. The number of amides is 1. The van der Waals surface area contributed by atoms with Gasteiger partial charge in [0, 0.05) is 51.8 Å². The standard InChI is InChI=1S/C15H18N4O5S/c1-17-5-4-16-15(17)25(22,23)10-7-19(8-10)14(21)11-9-18(2)13(20)6-12(11)24-3/h4-6,9-10H,7-8H2,1-3H3. The van der Waals surface area contributed by atoms with Gasteiger partial charge >= 0.3 is 0 Å². The van der Waals surface area contributed by atoms with E-state index >= 15 is 0 Å². The lowest BCUT2D eigenvalue weighted by Crippen LogP contribution is -2.57. The molecule has 2 aromatic rings. The minimum absolute atomic E-state index is 0.00992. The van der Waals surface area contributed by atoms with Crippen molar-refractivity contribution >= 4 is 15.7 Å². The maximum Gasteiger partial charge on any atom is 0.259 e. The highest BCUT2D eigenvalue weighted by Gasteiger charge is 2.43. The number of carbonyl (C=O) groups excluding carboxylic acids is 1. The fourth-order valence-electron chi connectivity index (χ4n) is 2.69. The summed E-state index contributed by atoms with van der Waals surface area (Å²) >= 11 is 0. The molecule has 9 nitrogen and oxygen atoms in total.